The molecule has 1 aromatic heterocycles. The van der Waals surface area contributed by atoms with Crippen LogP contribution in [0.3, 0.4) is 0 Å². The number of benzene rings is 1. The quantitative estimate of drug-likeness (QED) is 0.774. The van der Waals surface area contributed by atoms with Crippen LogP contribution in [-0.4, -0.2) is 30.6 Å². The van der Waals surface area contributed by atoms with E-state index in [1.807, 2.05) is 30.3 Å². The van der Waals surface area contributed by atoms with Crippen molar-refractivity contribution in [3.05, 3.63) is 36.5 Å². The summed E-state index contributed by atoms with van der Waals surface area (Å²) in [4.78, 5) is 18.4. The number of fused-ring (bicyclic) bond motifs is 1. The normalized spacial score (nSPS) is 18.8. The van der Waals surface area contributed by atoms with Gasteiger partial charge in [-0.05, 0) is 25.0 Å². The van der Waals surface area contributed by atoms with Crippen molar-refractivity contribution in [1.29, 1.82) is 0 Å². The fourth-order valence-corrected chi connectivity index (χ4v) is 2.76. The molecular weight excluding hydrogens is 240 g/mol. The second kappa shape index (κ2) is 4.88. The zero-order valence-electron chi connectivity index (χ0n) is 10.9. The van der Waals surface area contributed by atoms with Gasteiger partial charge in [-0.25, -0.2) is 4.79 Å². The molecule has 1 aliphatic rings. The summed E-state index contributed by atoms with van der Waals surface area (Å²) in [6.45, 7) is 0.870. The molecule has 0 spiro atoms. The van der Waals surface area contributed by atoms with E-state index in [0.717, 1.165) is 36.0 Å². The number of hydrogen-bond acceptors (Lipinski definition) is 4. The lowest BCUT2D eigenvalue weighted by molar-refractivity contribution is -0.141. The van der Waals surface area contributed by atoms with Gasteiger partial charge < -0.3 is 9.64 Å². The van der Waals surface area contributed by atoms with E-state index in [9.17, 15) is 4.79 Å². The Morgan fingerprint density at radius 1 is 1.37 bits per heavy atom. The third-order valence-corrected chi connectivity index (χ3v) is 3.65. The summed E-state index contributed by atoms with van der Waals surface area (Å²) in [6, 6.07) is 9.85. The third kappa shape index (κ3) is 2.03. The first kappa shape index (κ1) is 12.0. The average Bonchev–Trinajstić information content (AvgIpc) is 2.95. The maximum Gasteiger partial charge on any atom is 0.328 e. The average molecular weight is 256 g/mol. The predicted octanol–water partition coefficient (Wildman–Crippen LogP) is 2.38. The van der Waals surface area contributed by atoms with Crippen molar-refractivity contribution in [3.63, 3.8) is 0 Å². The van der Waals surface area contributed by atoms with Crippen molar-refractivity contribution in [1.82, 2.24) is 4.98 Å². The number of aromatic nitrogens is 1. The van der Waals surface area contributed by atoms with Crippen LogP contribution in [0.15, 0.2) is 36.5 Å². The monoisotopic (exact) mass is 256 g/mol. The fraction of sp³-hybridized carbons (Fsp3) is 0.333. The Morgan fingerprint density at radius 2 is 2.21 bits per heavy atom. The molecule has 1 aromatic carbocycles. The highest BCUT2D eigenvalue weighted by Crippen LogP contribution is 2.31. The Bertz CT molecular complexity index is 607. The first-order valence-corrected chi connectivity index (χ1v) is 6.49. The third-order valence-electron chi connectivity index (χ3n) is 3.65. The molecule has 3 rings (SSSR count). The molecule has 1 atom stereocenters. The molecule has 0 amide bonds. The Labute approximate surface area is 112 Å². The number of nitrogens with zero attached hydrogens (tertiary/aromatic N) is 2. The van der Waals surface area contributed by atoms with E-state index in [2.05, 4.69) is 9.88 Å². The zero-order chi connectivity index (χ0) is 13.2. The van der Waals surface area contributed by atoms with Crippen LogP contribution in [0, 0.1) is 0 Å². The van der Waals surface area contributed by atoms with Gasteiger partial charge in [0, 0.05) is 18.1 Å². The Morgan fingerprint density at radius 3 is 3.05 bits per heavy atom. The Hall–Kier alpha value is -2.10. The van der Waals surface area contributed by atoms with Gasteiger partial charge >= 0.3 is 5.97 Å². The van der Waals surface area contributed by atoms with Crippen molar-refractivity contribution >= 4 is 22.6 Å². The van der Waals surface area contributed by atoms with Gasteiger partial charge in [-0.3, -0.25) is 4.98 Å². The maximum atomic E-state index is 11.8. The van der Waals surface area contributed by atoms with Crippen LogP contribution in [0.2, 0.25) is 0 Å². The van der Waals surface area contributed by atoms with Crippen LogP contribution < -0.4 is 4.90 Å². The summed E-state index contributed by atoms with van der Waals surface area (Å²) in [5.41, 5.74) is 1.96. The standard InChI is InChI=1S/C15H16N2O2/c1-19-15(18)13-8-4-10-17(13)12-7-2-5-11-6-3-9-16-14(11)12/h2-3,5-7,9,13H,4,8,10H2,1H3. The van der Waals surface area contributed by atoms with Crippen molar-refractivity contribution < 1.29 is 9.53 Å². The highest BCUT2D eigenvalue weighted by Gasteiger charge is 2.32. The van der Waals surface area contributed by atoms with Crippen molar-refractivity contribution in [2.45, 2.75) is 18.9 Å². The summed E-state index contributed by atoms with van der Waals surface area (Å²) < 4.78 is 4.90. The highest BCUT2D eigenvalue weighted by molar-refractivity contribution is 5.93. The molecule has 0 saturated carbocycles. The molecule has 2 heterocycles. The number of hydrogen-bond donors (Lipinski definition) is 0. The minimum atomic E-state index is -0.183. The molecule has 0 N–H and O–H groups in total. The van der Waals surface area contributed by atoms with Gasteiger partial charge in [-0.15, -0.1) is 0 Å². The van der Waals surface area contributed by atoms with Crippen LogP contribution >= 0.6 is 0 Å². The summed E-state index contributed by atoms with van der Waals surface area (Å²) in [5, 5.41) is 1.09. The molecule has 98 valence electrons. The zero-order valence-corrected chi connectivity index (χ0v) is 10.9. The molecule has 1 unspecified atom stereocenters. The number of anilines is 1. The first-order valence-electron chi connectivity index (χ1n) is 6.49. The molecule has 0 bridgehead atoms. The van der Waals surface area contributed by atoms with Gasteiger partial charge in [0.2, 0.25) is 0 Å². The maximum absolute atomic E-state index is 11.8. The lowest BCUT2D eigenvalue weighted by atomic mass is 10.1. The van der Waals surface area contributed by atoms with Crippen LogP contribution in [-0.2, 0) is 9.53 Å². The van der Waals surface area contributed by atoms with Crippen molar-refractivity contribution in [2.24, 2.45) is 0 Å². The molecule has 19 heavy (non-hydrogen) atoms. The first-order chi connectivity index (χ1) is 9.31. The second-order valence-electron chi connectivity index (χ2n) is 4.73. The largest absolute Gasteiger partial charge is 0.467 e. The van der Waals surface area contributed by atoms with Gasteiger partial charge in [-0.2, -0.15) is 0 Å². The highest BCUT2D eigenvalue weighted by atomic mass is 16.5. The number of pyridine rings is 1. The van der Waals surface area contributed by atoms with E-state index in [0.29, 0.717) is 0 Å². The number of ether oxygens (including phenoxy) is 1. The van der Waals surface area contributed by atoms with Gasteiger partial charge in [0.1, 0.15) is 6.04 Å². The summed E-state index contributed by atoms with van der Waals surface area (Å²) >= 11 is 0. The number of carbonyl (C=O) groups excluding carboxylic acids is 1. The lowest BCUT2D eigenvalue weighted by Gasteiger charge is -2.25. The van der Waals surface area contributed by atoms with Crippen LogP contribution in [0.25, 0.3) is 10.9 Å². The van der Waals surface area contributed by atoms with Crippen LogP contribution in [0.5, 0.6) is 0 Å². The fourth-order valence-electron chi connectivity index (χ4n) is 2.76. The van der Waals surface area contributed by atoms with Crippen molar-refractivity contribution in [3.8, 4) is 0 Å². The number of esters is 1. The minimum absolute atomic E-state index is 0.162. The summed E-state index contributed by atoms with van der Waals surface area (Å²) in [7, 11) is 1.44. The van der Waals surface area contributed by atoms with Gasteiger partial charge in [-0.1, -0.05) is 18.2 Å². The Balaban J connectivity index is 2.06. The topological polar surface area (TPSA) is 42.4 Å². The van der Waals surface area contributed by atoms with Gasteiger partial charge in [0.15, 0.2) is 0 Å². The van der Waals surface area contributed by atoms with E-state index in [4.69, 9.17) is 4.74 Å². The SMILES string of the molecule is COC(=O)C1CCCN1c1cccc2cccnc12. The van der Waals surface area contributed by atoms with Gasteiger partial charge in [0.05, 0.1) is 18.3 Å². The molecule has 1 aliphatic heterocycles. The minimum Gasteiger partial charge on any atom is -0.467 e. The van der Waals surface area contributed by atoms with Crippen molar-refractivity contribution in [2.75, 3.05) is 18.6 Å². The number of para-hydroxylation sites is 1. The molecule has 1 saturated heterocycles. The van der Waals surface area contributed by atoms with E-state index < -0.39 is 0 Å². The molecule has 1 fully saturated rings. The van der Waals surface area contributed by atoms with Crippen LogP contribution in [0.1, 0.15) is 12.8 Å². The summed E-state index contributed by atoms with van der Waals surface area (Å²) in [6.07, 6.45) is 3.63. The van der Waals surface area contributed by atoms with E-state index in [-0.39, 0.29) is 12.0 Å². The van der Waals surface area contributed by atoms with E-state index >= 15 is 0 Å². The molecule has 4 heteroatoms. The van der Waals surface area contributed by atoms with E-state index in [1.165, 1.54) is 7.11 Å². The Kier molecular flexibility index (Phi) is 3.07. The molecular formula is C15H16N2O2. The number of carbonyl (C=O) groups is 1. The predicted molar refractivity (Wildman–Crippen MR) is 74.1 cm³/mol. The number of rotatable bonds is 2. The van der Waals surface area contributed by atoms with E-state index in [1.54, 1.807) is 6.20 Å². The second-order valence-corrected chi connectivity index (χ2v) is 4.73. The number of methoxy groups -OCH3 is 1. The van der Waals surface area contributed by atoms with Gasteiger partial charge in [0.25, 0.3) is 0 Å². The smallest absolute Gasteiger partial charge is 0.328 e. The molecule has 4 nitrogen and oxygen atoms in total. The lowest BCUT2D eigenvalue weighted by Crippen LogP contribution is -2.37. The summed E-state index contributed by atoms with van der Waals surface area (Å²) in [5.74, 6) is -0.162. The molecule has 2 aromatic rings. The molecule has 0 radical (unpaired) electrons. The van der Waals surface area contributed by atoms with Crippen LogP contribution in [0.4, 0.5) is 5.69 Å². The molecule has 0 aliphatic carbocycles.